The van der Waals surface area contributed by atoms with E-state index in [9.17, 15) is 0 Å². The van der Waals surface area contributed by atoms with Crippen LogP contribution in [0.4, 0.5) is 11.9 Å². The number of methoxy groups -OCH3 is 2. The molecule has 1 aliphatic rings. The van der Waals surface area contributed by atoms with Crippen LogP contribution in [0.25, 0.3) is 0 Å². The van der Waals surface area contributed by atoms with Crippen LogP contribution in [0.5, 0.6) is 0 Å². The molecule has 2 heterocycles. The number of anilines is 2. The highest BCUT2D eigenvalue weighted by Gasteiger charge is 2.34. The van der Waals surface area contributed by atoms with Crippen LogP contribution >= 0.6 is 0 Å². The van der Waals surface area contributed by atoms with Gasteiger partial charge in [-0.25, -0.2) is 5.10 Å². The molecule has 1 fully saturated rings. The first-order valence-corrected chi connectivity index (χ1v) is 4.73. The summed E-state index contributed by atoms with van der Waals surface area (Å²) in [5.41, 5.74) is 5.46. The number of nitrogens with two attached hydrogens (primary N) is 1. The zero-order valence-corrected chi connectivity index (χ0v) is 8.80. The van der Waals surface area contributed by atoms with Gasteiger partial charge in [0, 0.05) is 27.3 Å². The summed E-state index contributed by atoms with van der Waals surface area (Å²) in [4.78, 5) is 6.04. The summed E-state index contributed by atoms with van der Waals surface area (Å²) >= 11 is 0. The van der Waals surface area contributed by atoms with Crippen molar-refractivity contribution in [3.8, 4) is 0 Å². The summed E-state index contributed by atoms with van der Waals surface area (Å²) in [6, 6.07) is 0. The van der Waals surface area contributed by atoms with Crippen LogP contribution in [0.2, 0.25) is 0 Å². The third-order valence-corrected chi connectivity index (χ3v) is 2.59. The average molecular weight is 213 g/mol. The fourth-order valence-corrected chi connectivity index (χ4v) is 1.77. The van der Waals surface area contributed by atoms with Gasteiger partial charge in [0.2, 0.25) is 11.9 Å². The van der Waals surface area contributed by atoms with Crippen LogP contribution in [0.1, 0.15) is 0 Å². The Hall–Kier alpha value is -1.34. The maximum Gasteiger partial charge on any atom is 0.246 e. The molecule has 7 nitrogen and oxygen atoms in total. The Labute approximate surface area is 87.6 Å². The number of nitrogen functional groups attached to an aromatic ring is 1. The normalized spacial score (nSPS) is 26.1. The first kappa shape index (κ1) is 10.2. The molecule has 1 aromatic heterocycles. The Kier molecular flexibility index (Phi) is 2.74. The van der Waals surface area contributed by atoms with Gasteiger partial charge in [-0.15, -0.1) is 5.10 Å². The fraction of sp³-hybridized carbons (Fsp3) is 0.750. The Balaban J connectivity index is 2.07. The highest BCUT2D eigenvalue weighted by atomic mass is 16.5. The van der Waals surface area contributed by atoms with Crippen molar-refractivity contribution in [2.45, 2.75) is 12.2 Å². The van der Waals surface area contributed by atoms with E-state index in [-0.39, 0.29) is 12.2 Å². The number of H-pyrrole nitrogens is 1. The maximum atomic E-state index is 5.46. The molecule has 0 saturated carbocycles. The van der Waals surface area contributed by atoms with Gasteiger partial charge in [-0.1, -0.05) is 0 Å². The molecular weight excluding hydrogens is 198 g/mol. The van der Waals surface area contributed by atoms with Gasteiger partial charge in [0.05, 0.1) is 0 Å². The zero-order chi connectivity index (χ0) is 10.8. The van der Waals surface area contributed by atoms with Crippen LogP contribution in [-0.2, 0) is 9.47 Å². The Morgan fingerprint density at radius 1 is 1.33 bits per heavy atom. The van der Waals surface area contributed by atoms with Crippen LogP contribution in [0, 0.1) is 0 Å². The highest BCUT2D eigenvalue weighted by molar-refractivity contribution is 5.36. The van der Waals surface area contributed by atoms with E-state index in [1.807, 2.05) is 4.90 Å². The monoisotopic (exact) mass is 213 g/mol. The summed E-state index contributed by atoms with van der Waals surface area (Å²) in [6.45, 7) is 1.43. The molecular formula is C8H15N5O2. The number of aromatic nitrogens is 3. The second-order valence-corrected chi connectivity index (χ2v) is 3.47. The molecule has 1 aromatic rings. The third-order valence-electron chi connectivity index (χ3n) is 2.59. The van der Waals surface area contributed by atoms with E-state index in [4.69, 9.17) is 15.2 Å². The minimum atomic E-state index is 0.0507. The quantitative estimate of drug-likeness (QED) is 0.685. The second kappa shape index (κ2) is 4.03. The molecule has 3 N–H and O–H groups in total. The number of rotatable bonds is 3. The van der Waals surface area contributed by atoms with Gasteiger partial charge in [-0.3, -0.25) is 0 Å². The molecule has 1 aliphatic heterocycles. The number of nitrogens with zero attached hydrogens (tertiary/aromatic N) is 3. The third kappa shape index (κ3) is 1.88. The van der Waals surface area contributed by atoms with Crippen molar-refractivity contribution in [1.29, 1.82) is 0 Å². The molecule has 0 aromatic carbocycles. The molecule has 7 heteroatoms. The van der Waals surface area contributed by atoms with Crippen molar-refractivity contribution in [2.24, 2.45) is 0 Å². The molecule has 1 saturated heterocycles. The van der Waals surface area contributed by atoms with Gasteiger partial charge in [0.15, 0.2) is 0 Å². The lowest BCUT2D eigenvalue weighted by atomic mass is 10.3. The van der Waals surface area contributed by atoms with Crippen molar-refractivity contribution in [3.05, 3.63) is 0 Å². The van der Waals surface area contributed by atoms with Crippen molar-refractivity contribution >= 4 is 11.9 Å². The number of aromatic amines is 1. The van der Waals surface area contributed by atoms with Crippen molar-refractivity contribution in [1.82, 2.24) is 15.2 Å². The van der Waals surface area contributed by atoms with Gasteiger partial charge in [-0.2, -0.15) is 4.98 Å². The molecule has 2 rings (SSSR count). The molecule has 0 bridgehead atoms. The summed E-state index contributed by atoms with van der Waals surface area (Å²) in [5.74, 6) is 0.911. The summed E-state index contributed by atoms with van der Waals surface area (Å²) in [7, 11) is 3.35. The molecule has 15 heavy (non-hydrogen) atoms. The lowest BCUT2D eigenvalue weighted by molar-refractivity contribution is -0.00461. The van der Waals surface area contributed by atoms with Crippen LogP contribution in [-0.4, -0.2) is 54.7 Å². The van der Waals surface area contributed by atoms with E-state index in [0.717, 1.165) is 0 Å². The van der Waals surface area contributed by atoms with Gasteiger partial charge in [0.25, 0.3) is 0 Å². The first-order chi connectivity index (χ1) is 7.24. The Morgan fingerprint density at radius 3 is 2.33 bits per heavy atom. The molecule has 0 amide bonds. The molecule has 84 valence electrons. The SMILES string of the molecule is COC1CN(c2n[nH]c(N)n2)CC1OC. The van der Waals surface area contributed by atoms with E-state index in [1.54, 1.807) is 14.2 Å². The molecule has 2 atom stereocenters. The minimum absolute atomic E-state index is 0.0507. The predicted molar refractivity (Wildman–Crippen MR) is 54.6 cm³/mol. The topological polar surface area (TPSA) is 89.3 Å². The molecule has 2 unspecified atom stereocenters. The molecule has 0 radical (unpaired) electrons. The summed E-state index contributed by atoms with van der Waals surface area (Å²) in [5, 5.41) is 6.59. The molecule has 0 aliphatic carbocycles. The van der Waals surface area contributed by atoms with Crippen LogP contribution in [0.15, 0.2) is 0 Å². The number of nitrogens with one attached hydrogen (secondary N) is 1. The predicted octanol–water partition coefficient (Wildman–Crippen LogP) is -0.763. The van der Waals surface area contributed by atoms with E-state index < -0.39 is 0 Å². The second-order valence-electron chi connectivity index (χ2n) is 3.47. The zero-order valence-electron chi connectivity index (χ0n) is 8.80. The van der Waals surface area contributed by atoms with Gasteiger partial charge in [0.1, 0.15) is 12.2 Å². The standard InChI is InChI=1S/C8H15N5O2/c1-14-5-3-13(4-6(5)15-2)8-10-7(9)11-12-8/h5-6H,3-4H2,1-2H3,(H3,9,10,11,12). The molecule has 0 spiro atoms. The fourth-order valence-electron chi connectivity index (χ4n) is 1.77. The van der Waals surface area contributed by atoms with E-state index in [1.165, 1.54) is 0 Å². The Morgan fingerprint density at radius 2 is 1.93 bits per heavy atom. The van der Waals surface area contributed by atoms with Crippen molar-refractivity contribution < 1.29 is 9.47 Å². The maximum absolute atomic E-state index is 5.46. The number of ether oxygens (including phenoxy) is 2. The van der Waals surface area contributed by atoms with Gasteiger partial charge in [-0.05, 0) is 0 Å². The summed E-state index contributed by atoms with van der Waals surface area (Å²) in [6.07, 6.45) is 0.101. The largest absolute Gasteiger partial charge is 0.377 e. The average Bonchev–Trinajstić information content (AvgIpc) is 2.82. The van der Waals surface area contributed by atoms with Crippen LogP contribution in [0.3, 0.4) is 0 Å². The number of hydrogen-bond acceptors (Lipinski definition) is 6. The van der Waals surface area contributed by atoms with Gasteiger partial charge >= 0.3 is 0 Å². The minimum Gasteiger partial charge on any atom is -0.377 e. The van der Waals surface area contributed by atoms with E-state index in [0.29, 0.717) is 25.0 Å². The lowest BCUT2D eigenvalue weighted by Crippen LogP contribution is -2.27. The van der Waals surface area contributed by atoms with E-state index >= 15 is 0 Å². The first-order valence-electron chi connectivity index (χ1n) is 4.73. The Bertz CT molecular complexity index is 317. The summed E-state index contributed by atoms with van der Waals surface area (Å²) < 4.78 is 10.6. The van der Waals surface area contributed by atoms with Crippen LogP contribution < -0.4 is 10.6 Å². The van der Waals surface area contributed by atoms with E-state index in [2.05, 4.69) is 15.2 Å². The smallest absolute Gasteiger partial charge is 0.246 e. The van der Waals surface area contributed by atoms with Crippen molar-refractivity contribution in [2.75, 3.05) is 37.9 Å². The van der Waals surface area contributed by atoms with Gasteiger partial charge < -0.3 is 20.1 Å². The number of hydrogen-bond donors (Lipinski definition) is 2. The lowest BCUT2D eigenvalue weighted by Gasteiger charge is -2.13. The highest BCUT2D eigenvalue weighted by Crippen LogP contribution is 2.20. The van der Waals surface area contributed by atoms with Crippen molar-refractivity contribution in [3.63, 3.8) is 0 Å².